The zero-order valence-corrected chi connectivity index (χ0v) is 11.9. The maximum Gasteiger partial charge on any atom is 0.0624 e. The van der Waals surface area contributed by atoms with Gasteiger partial charge in [-0.3, -0.25) is 0 Å². The molecule has 0 radical (unpaired) electrons. The standard InChI is InChI=1S/C14H12S3/c1-10-8-13(11-4-2-6-15-11)17-14(9-10)12-5-3-7-16-12/h2-9,13H,1H3. The molecule has 2 aromatic heterocycles. The molecular formula is C14H12S3. The van der Waals surface area contributed by atoms with E-state index in [1.807, 2.05) is 34.4 Å². The summed E-state index contributed by atoms with van der Waals surface area (Å²) < 4.78 is 0. The molecule has 1 unspecified atom stereocenters. The summed E-state index contributed by atoms with van der Waals surface area (Å²) >= 11 is 5.62. The molecule has 0 fully saturated rings. The third-order valence-electron chi connectivity index (χ3n) is 2.61. The highest BCUT2D eigenvalue weighted by molar-refractivity contribution is 8.09. The molecule has 3 rings (SSSR count). The minimum Gasteiger partial charge on any atom is -0.147 e. The van der Waals surface area contributed by atoms with Gasteiger partial charge in [0.25, 0.3) is 0 Å². The van der Waals surface area contributed by atoms with Gasteiger partial charge in [-0.25, -0.2) is 0 Å². The van der Waals surface area contributed by atoms with Crippen molar-refractivity contribution in [1.82, 2.24) is 0 Å². The molecule has 0 aliphatic carbocycles. The van der Waals surface area contributed by atoms with Gasteiger partial charge in [0, 0.05) is 14.7 Å². The summed E-state index contributed by atoms with van der Waals surface area (Å²) in [6, 6.07) is 8.68. The Hall–Kier alpha value is -0.770. The van der Waals surface area contributed by atoms with Crippen LogP contribution in [0.3, 0.4) is 0 Å². The maximum absolute atomic E-state index is 2.35. The number of hydrogen-bond donors (Lipinski definition) is 0. The van der Waals surface area contributed by atoms with Crippen molar-refractivity contribution in [2.75, 3.05) is 0 Å². The molecule has 2 aromatic rings. The lowest BCUT2D eigenvalue weighted by molar-refractivity contribution is 1.25. The van der Waals surface area contributed by atoms with Crippen LogP contribution >= 0.6 is 34.4 Å². The molecule has 17 heavy (non-hydrogen) atoms. The fraction of sp³-hybridized carbons (Fsp3) is 0.143. The van der Waals surface area contributed by atoms with E-state index in [2.05, 4.69) is 54.1 Å². The second-order valence-corrected chi connectivity index (χ2v) is 7.06. The predicted octanol–water partition coefficient (Wildman–Crippen LogP) is 5.58. The van der Waals surface area contributed by atoms with Crippen molar-refractivity contribution < 1.29 is 0 Å². The van der Waals surface area contributed by atoms with E-state index in [-0.39, 0.29) is 0 Å². The van der Waals surface area contributed by atoms with Crippen molar-refractivity contribution in [1.29, 1.82) is 0 Å². The topological polar surface area (TPSA) is 0 Å². The van der Waals surface area contributed by atoms with Gasteiger partial charge in [0.1, 0.15) is 0 Å². The van der Waals surface area contributed by atoms with Gasteiger partial charge in [-0.05, 0) is 35.9 Å². The van der Waals surface area contributed by atoms with Crippen LogP contribution in [0.1, 0.15) is 21.9 Å². The molecule has 1 aliphatic heterocycles. The van der Waals surface area contributed by atoms with Crippen LogP contribution in [0, 0.1) is 0 Å². The first-order valence-electron chi connectivity index (χ1n) is 5.47. The fourth-order valence-corrected chi connectivity index (χ4v) is 4.94. The first-order valence-corrected chi connectivity index (χ1v) is 8.11. The smallest absolute Gasteiger partial charge is 0.0624 e. The molecular weight excluding hydrogens is 264 g/mol. The van der Waals surface area contributed by atoms with Gasteiger partial charge in [0.2, 0.25) is 0 Å². The van der Waals surface area contributed by atoms with Crippen molar-refractivity contribution in [3.8, 4) is 0 Å². The number of rotatable bonds is 2. The molecule has 0 saturated heterocycles. The van der Waals surface area contributed by atoms with E-state index in [0.717, 1.165) is 0 Å². The van der Waals surface area contributed by atoms with Crippen molar-refractivity contribution in [2.24, 2.45) is 0 Å². The zero-order chi connectivity index (χ0) is 11.7. The Labute approximate surface area is 114 Å². The second kappa shape index (κ2) is 4.84. The lowest BCUT2D eigenvalue weighted by Gasteiger charge is -2.18. The van der Waals surface area contributed by atoms with Crippen molar-refractivity contribution in [3.63, 3.8) is 0 Å². The molecule has 0 spiro atoms. The van der Waals surface area contributed by atoms with Gasteiger partial charge >= 0.3 is 0 Å². The summed E-state index contributed by atoms with van der Waals surface area (Å²) in [7, 11) is 0. The van der Waals surface area contributed by atoms with Gasteiger partial charge in [0.05, 0.1) is 5.25 Å². The molecule has 3 heterocycles. The van der Waals surface area contributed by atoms with E-state index in [0.29, 0.717) is 5.25 Å². The molecule has 0 bridgehead atoms. The quantitative estimate of drug-likeness (QED) is 0.689. The normalized spacial score (nSPS) is 19.9. The Morgan fingerprint density at radius 1 is 1.06 bits per heavy atom. The van der Waals surface area contributed by atoms with E-state index >= 15 is 0 Å². The lowest BCUT2D eigenvalue weighted by atomic mass is 10.2. The van der Waals surface area contributed by atoms with Crippen LogP contribution in [0.5, 0.6) is 0 Å². The van der Waals surface area contributed by atoms with Gasteiger partial charge in [-0.15, -0.1) is 34.4 Å². The maximum atomic E-state index is 2.35. The largest absolute Gasteiger partial charge is 0.147 e. The molecule has 0 aromatic carbocycles. The fourth-order valence-electron chi connectivity index (χ4n) is 1.84. The summed E-state index contributed by atoms with van der Waals surface area (Å²) in [4.78, 5) is 4.22. The monoisotopic (exact) mass is 276 g/mol. The highest BCUT2D eigenvalue weighted by Gasteiger charge is 2.18. The highest BCUT2D eigenvalue weighted by atomic mass is 32.2. The van der Waals surface area contributed by atoms with Crippen LogP contribution in [0.25, 0.3) is 4.91 Å². The Balaban J connectivity index is 1.92. The summed E-state index contributed by atoms with van der Waals surface area (Å²) in [5.74, 6) is 0. The zero-order valence-electron chi connectivity index (χ0n) is 9.42. The summed E-state index contributed by atoms with van der Waals surface area (Å²) in [5.41, 5.74) is 1.37. The van der Waals surface area contributed by atoms with Gasteiger partial charge < -0.3 is 0 Å². The van der Waals surface area contributed by atoms with Gasteiger partial charge in [-0.2, -0.15) is 0 Å². The lowest BCUT2D eigenvalue weighted by Crippen LogP contribution is -1.93. The molecule has 1 atom stereocenters. The first kappa shape index (κ1) is 11.3. The average Bonchev–Trinajstić information content (AvgIpc) is 3.02. The number of hydrogen-bond acceptors (Lipinski definition) is 3. The van der Waals surface area contributed by atoms with Crippen molar-refractivity contribution in [2.45, 2.75) is 12.2 Å². The number of thiophene rings is 2. The Morgan fingerprint density at radius 3 is 2.59 bits per heavy atom. The molecule has 1 aliphatic rings. The van der Waals surface area contributed by atoms with Crippen LogP contribution in [0.2, 0.25) is 0 Å². The predicted molar refractivity (Wildman–Crippen MR) is 80.7 cm³/mol. The van der Waals surface area contributed by atoms with E-state index in [1.165, 1.54) is 20.2 Å². The van der Waals surface area contributed by atoms with Crippen LogP contribution in [-0.4, -0.2) is 0 Å². The minimum absolute atomic E-state index is 0.483. The van der Waals surface area contributed by atoms with Gasteiger partial charge in [0.15, 0.2) is 0 Å². The third-order valence-corrected chi connectivity index (χ3v) is 5.99. The van der Waals surface area contributed by atoms with Gasteiger partial charge in [-0.1, -0.05) is 23.8 Å². The minimum atomic E-state index is 0.483. The van der Waals surface area contributed by atoms with Crippen molar-refractivity contribution in [3.05, 3.63) is 62.5 Å². The summed E-state index contributed by atoms with van der Waals surface area (Å²) in [6.07, 6.45) is 4.65. The molecule has 0 N–H and O–H groups in total. The molecule has 86 valence electrons. The van der Waals surface area contributed by atoms with Crippen LogP contribution in [-0.2, 0) is 0 Å². The van der Waals surface area contributed by atoms with E-state index < -0.39 is 0 Å². The third kappa shape index (κ3) is 2.41. The molecule has 0 amide bonds. The SMILES string of the molecule is CC1=CC(c2cccs2)SC(c2cccs2)=C1. The molecule has 3 heteroatoms. The van der Waals surface area contributed by atoms with E-state index in [9.17, 15) is 0 Å². The van der Waals surface area contributed by atoms with Crippen LogP contribution in [0.4, 0.5) is 0 Å². The number of allylic oxidation sites excluding steroid dienone is 2. The van der Waals surface area contributed by atoms with Crippen LogP contribution < -0.4 is 0 Å². The average molecular weight is 276 g/mol. The Bertz CT molecular complexity index is 544. The van der Waals surface area contributed by atoms with Crippen molar-refractivity contribution >= 4 is 39.3 Å². The summed E-state index contributed by atoms with van der Waals surface area (Å²) in [5, 5.41) is 4.78. The Kier molecular flexibility index (Phi) is 3.23. The summed E-state index contributed by atoms with van der Waals surface area (Å²) in [6.45, 7) is 2.19. The molecule has 0 nitrogen and oxygen atoms in total. The highest BCUT2D eigenvalue weighted by Crippen LogP contribution is 2.47. The van der Waals surface area contributed by atoms with E-state index in [1.54, 1.807) is 0 Å². The number of thioether (sulfide) groups is 1. The second-order valence-electron chi connectivity index (χ2n) is 3.95. The molecule has 0 saturated carbocycles. The van der Waals surface area contributed by atoms with Crippen LogP contribution in [0.15, 0.2) is 52.8 Å². The first-order chi connectivity index (χ1) is 8.33. The Morgan fingerprint density at radius 2 is 1.88 bits per heavy atom. The van der Waals surface area contributed by atoms with E-state index in [4.69, 9.17) is 0 Å².